The van der Waals surface area contributed by atoms with Crippen LogP contribution >= 0.6 is 0 Å². The molecule has 7 heteroatoms. The highest BCUT2D eigenvalue weighted by atomic mass is 32.2. The quantitative estimate of drug-likeness (QED) is 0.790. The molecule has 0 radical (unpaired) electrons. The summed E-state index contributed by atoms with van der Waals surface area (Å²) in [5, 5.41) is 9.50. The van der Waals surface area contributed by atoms with Gasteiger partial charge in [-0.05, 0) is 36.8 Å². The fraction of sp³-hybridized carbons (Fsp3) is 0.643. The number of sulfonamides is 1. The Hall–Kier alpha value is -1.18. The summed E-state index contributed by atoms with van der Waals surface area (Å²) in [4.78, 5) is 4.09. The van der Waals surface area contributed by atoms with Crippen LogP contribution in [0.1, 0.15) is 37.8 Å². The lowest BCUT2D eigenvalue weighted by Gasteiger charge is -2.38. The number of rotatable bonds is 7. The molecular weight excluding hydrogens is 292 g/mol. The first kappa shape index (κ1) is 16.2. The molecule has 0 bridgehead atoms. The Morgan fingerprint density at radius 2 is 2.19 bits per heavy atom. The normalized spacial score (nSPS) is 23.4. The fourth-order valence-electron chi connectivity index (χ4n) is 2.58. The van der Waals surface area contributed by atoms with Crippen molar-refractivity contribution in [3.8, 4) is 5.75 Å². The molecule has 6 nitrogen and oxygen atoms in total. The van der Waals surface area contributed by atoms with Crippen molar-refractivity contribution >= 4 is 10.0 Å². The number of pyridine rings is 1. The zero-order valence-corrected chi connectivity index (χ0v) is 13.1. The van der Waals surface area contributed by atoms with E-state index in [4.69, 9.17) is 4.74 Å². The van der Waals surface area contributed by atoms with E-state index in [1.54, 1.807) is 25.6 Å². The first-order chi connectivity index (χ1) is 9.95. The summed E-state index contributed by atoms with van der Waals surface area (Å²) in [6.45, 7) is 1.83. The van der Waals surface area contributed by atoms with Crippen LogP contribution in [0.4, 0.5) is 0 Å². The molecule has 1 fully saturated rings. The molecular formula is C14H22N2O4S. The van der Waals surface area contributed by atoms with Crippen LogP contribution in [0.3, 0.4) is 0 Å². The minimum Gasteiger partial charge on any atom is -0.495 e. The minimum atomic E-state index is -3.34. The lowest BCUT2D eigenvalue weighted by molar-refractivity contribution is 0.0279. The summed E-state index contributed by atoms with van der Waals surface area (Å²) in [6, 6.07) is 1.42. The van der Waals surface area contributed by atoms with Crippen LogP contribution in [0.5, 0.6) is 5.75 Å². The molecule has 1 atom stereocenters. The Bertz CT molecular complexity index is 570. The number of methoxy groups -OCH3 is 1. The van der Waals surface area contributed by atoms with Gasteiger partial charge in [0, 0.05) is 6.20 Å². The third-order valence-electron chi connectivity index (χ3n) is 3.73. The Kier molecular flexibility index (Phi) is 5.18. The number of nitrogens with zero attached hydrogens (tertiary/aromatic N) is 1. The molecule has 0 aromatic carbocycles. The Morgan fingerprint density at radius 3 is 2.76 bits per heavy atom. The summed E-state index contributed by atoms with van der Waals surface area (Å²) in [5.41, 5.74) is 0.769. The average Bonchev–Trinajstić information content (AvgIpc) is 2.42. The topological polar surface area (TPSA) is 88.5 Å². The van der Waals surface area contributed by atoms with Crippen molar-refractivity contribution in [1.82, 2.24) is 9.71 Å². The van der Waals surface area contributed by atoms with E-state index in [0.29, 0.717) is 25.0 Å². The summed E-state index contributed by atoms with van der Waals surface area (Å²) >= 11 is 0. The van der Waals surface area contributed by atoms with Gasteiger partial charge >= 0.3 is 0 Å². The minimum absolute atomic E-state index is 0.0838. The van der Waals surface area contributed by atoms with Crippen LogP contribution in [-0.4, -0.2) is 37.5 Å². The largest absolute Gasteiger partial charge is 0.495 e. The lowest BCUT2D eigenvalue weighted by atomic mass is 9.76. The summed E-state index contributed by atoms with van der Waals surface area (Å²) in [7, 11) is -1.79. The molecule has 1 saturated carbocycles. The van der Waals surface area contributed by atoms with Gasteiger partial charge in [-0.3, -0.25) is 4.98 Å². The SMILES string of the molecule is CCCS(=O)(=O)N[C@H](c1cncc(OC)c1)C1CC(O)C1. The van der Waals surface area contributed by atoms with Crippen molar-refractivity contribution < 1.29 is 18.3 Å². The monoisotopic (exact) mass is 314 g/mol. The van der Waals surface area contributed by atoms with Crippen LogP contribution < -0.4 is 9.46 Å². The van der Waals surface area contributed by atoms with Crippen LogP contribution in [0, 0.1) is 5.92 Å². The Labute approximate surface area is 125 Å². The molecule has 118 valence electrons. The number of aliphatic hydroxyl groups excluding tert-OH is 1. The molecule has 1 aromatic heterocycles. The van der Waals surface area contributed by atoms with E-state index < -0.39 is 10.0 Å². The van der Waals surface area contributed by atoms with Gasteiger partial charge in [0.05, 0.1) is 31.2 Å². The van der Waals surface area contributed by atoms with E-state index in [-0.39, 0.29) is 23.8 Å². The van der Waals surface area contributed by atoms with Crippen LogP contribution in [-0.2, 0) is 10.0 Å². The van der Waals surface area contributed by atoms with E-state index in [1.165, 1.54) is 0 Å². The van der Waals surface area contributed by atoms with Crippen LogP contribution in [0.15, 0.2) is 18.5 Å². The van der Waals surface area contributed by atoms with Crippen LogP contribution in [0.2, 0.25) is 0 Å². The summed E-state index contributed by atoms with van der Waals surface area (Å²) in [6.07, 6.45) is 4.63. The number of hydrogen-bond donors (Lipinski definition) is 2. The van der Waals surface area contributed by atoms with Gasteiger partial charge in [0.15, 0.2) is 0 Å². The van der Waals surface area contributed by atoms with Gasteiger partial charge in [-0.25, -0.2) is 13.1 Å². The molecule has 2 rings (SSSR count). The third kappa shape index (κ3) is 4.15. The number of ether oxygens (including phenoxy) is 1. The molecule has 21 heavy (non-hydrogen) atoms. The number of hydrogen-bond acceptors (Lipinski definition) is 5. The number of nitrogens with one attached hydrogen (secondary N) is 1. The lowest BCUT2D eigenvalue weighted by Crippen LogP contribution is -2.42. The van der Waals surface area contributed by atoms with E-state index >= 15 is 0 Å². The van der Waals surface area contributed by atoms with Gasteiger partial charge < -0.3 is 9.84 Å². The van der Waals surface area contributed by atoms with Gasteiger partial charge in [-0.2, -0.15) is 0 Å². The highest BCUT2D eigenvalue weighted by molar-refractivity contribution is 7.89. The highest BCUT2D eigenvalue weighted by Crippen LogP contribution is 2.39. The Balaban J connectivity index is 2.23. The zero-order valence-electron chi connectivity index (χ0n) is 12.3. The maximum Gasteiger partial charge on any atom is 0.212 e. The fourth-order valence-corrected chi connectivity index (χ4v) is 3.95. The predicted molar refractivity (Wildman–Crippen MR) is 79.5 cm³/mol. The van der Waals surface area contributed by atoms with E-state index in [0.717, 1.165) is 5.56 Å². The molecule has 0 saturated heterocycles. The predicted octanol–water partition coefficient (Wildman–Crippen LogP) is 1.23. The van der Waals surface area contributed by atoms with Gasteiger partial charge in [0.2, 0.25) is 10.0 Å². The van der Waals surface area contributed by atoms with Gasteiger partial charge in [0.25, 0.3) is 0 Å². The average molecular weight is 314 g/mol. The molecule has 2 N–H and O–H groups in total. The second-order valence-corrected chi connectivity index (χ2v) is 7.33. The molecule has 0 spiro atoms. The molecule has 0 amide bonds. The second kappa shape index (κ2) is 6.72. The first-order valence-corrected chi connectivity index (χ1v) is 8.77. The van der Waals surface area contributed by atoms with Gasteiger partial charge in [-0.1, -0.05) is 6.92 Å². The van der Waals surface area contributed by atoms with Gasteiger partial charge in [-0.15, -0.1) is 0 Å². The molecule has 1 aliphatic carbocycles. The van der Waals surface area contributed by atoms with E-state index in [9.17, 15) is 13.5 Å². The van der Waals surface area contributed by atoms with Crippen molar-refractivity contribution in [1.29, 1.82) is 0 Å². The van der Waals surface area contributed by atoms with Crippen molar-refractivity contribution in [3.63, 3.8) is 0 Å². The van der Waals surface area contributed by atoms with Gasteiger partial charge in [0.1, 0.15) is 5.75 Å². The second-order valence-electron chi connectivity index (χ2n) is 5.46. The molecule has 0 unspecified atom stereocenters. The Morgan fingerprint density at radius 1 is 1.48 bits per heavy atom. The molecule has 1 aliphatic rings. The molecule has 0 aliphatic heterocycles. The summed E-state index contributed by atoms with van der Waals surface area (Å²) in [5.74, 6) is 0.767. The molecule has 1 aromatic rings. The summed E-state index contributed by atoms with van der Waals surface area (Å²) < 4.78 is 32.0. The standard InChI is InChI=1S/C14H22N2O4S/c1-3-4-21(18,19)16-14(10-5-12(17)6-10)11-7-13(20-2)9-15-8-11/h7-10,12,14,16-17H,3-6H2,1-2H3/t10?,12?,14-/m0/s1. The van der Waals surface area contributed by atoms with Crippen molar-refractivity contribution in [2.75, 3.05) is 12.9 Å². The molecule has 1 heterocycles. The van der Waals surface area contributed by atoms with Crippen molar-refractivity contribution in [2.24, 2.45) is 5.92 Å². The maximum absolute atomic E-state index is 12.1. The maximum atomic E-state index is 12.1. The number of aliphatic hydroxyl groups is 1. The first-order valence-electron chi connectivity index (χ1n) is 7.12. The van der Waals surface area contributed by atoms with E-state index in [2.05, 4.69) is 9.71 Å². The zero-order chi connectivity index (χ0) is 15.5. The number of aromatic nitrogens is 1. The van der Waals surface area contributed by atoms with Crippen LogP contribution in [0.25, 0.3) is 0 Å². The highest BCUT2D eigenvalue weighted by Gasteiger charge is 2.37. The van der Waals surface area contributed by atoms with Crippen molar-refractivity contribution in [2.45, 2.75) is 38.3 Å². The van der Waals surface area contributed by atoms with Crippen molar-refractivity contribution in [3.05, 3.63) is 24.0 Å². The smallest absolute Gasteiger partial charge is 0.212 e. The van der Waals surface area contributed by atoms with E-state index in [1.807, 2.05) is 6.92 Å². The third-order valence-corrected chi connectivity index (χ3v) is 5.29.